The van der Waals surface area contributed by atoms with E-state index in [-0.39, 0.29) is 34.1 Å². The zero-order valence-corrected chi connectivity index (χ0v) is 26.4. The van der Waals surface area contributed by atoms with Crippen LogP contribution in [0.4, 0.5) is 0 Å². The Labute approximate surface area is 251 Å². The third-order valence-corrected chi connectivity index (χ3v) is 12.3. The van der Waals surface area contributed by atoms with E-state index in [1.54, 1.807) is 27.7 Å². The molecule has 226 valence electrons. The number of nitrogens with zero attached hydrogens (tertiary/aromatic N) is 2. The molecular formula is C27H34Cl2N2O8S2. The number of benzene rings is 2. The van der Waals surface area contributed by atoms with Crippen LogP contribution < -0.4 is 0 Å². The molecule has 0 spiro atoms. The van der Waals surface area contributed by atoms with Crippen LogP contribution in [0.5, 0.6) is 0 Å². The van der Waals surface area contributed by atoms with Crippen molar-refractivity contribution in [3.05, 3.63) is 59.7 Å². The highest BCUT2D eigenvalue weighted by Gasteiger charge is 2.64. The number of carbonyl (C=O) groups is 2. The van der Waals surface area contributed by atoms with E-state index in [0.717, 1.165) is 0 Å². The topological polar surface area (TPSA) is 127 Å². The fourth-order valence-electron chi connectivity index (χ4n) is 4.36. The first-order chi connectivity index (χ1) is 19.2. The molecule has 1 aliphatic rings. The summed E-state index contributed by atoms with van der Waals surface area (Å²) in [5.74, 6) is -2.34. The number of ether oxygens (including phenoxy) is 2. The van der Waals surface area contributed by atoms with Crippen LogP contribution in [0.1, 0.15) is 48.4 Å². The molecule has 3 rings (SSSR count). The van der Waals surface area contributed by atoms with E-state index in [2.05, 4.69) is 0 Å². The lowest BCUT2D eigenvalue weighted by Gasteiger charge is -2.18. The van der Waals surface area contributed by atoms with Crippen LogP contribution in [0.25, 0.3) is 0 Å². The van der Waals surface area contributed by atoms with E-state index in [0.29, 0.717) is 26.2 Å². The first-order valence-corrected chi connectivity index (χ1v) is 16.8. The molecule has 10 nitrogen and oxygen atoms in total. The molecule has 0 N–H and O–H groups in total. The Hall–Kier alpha value is -2.22. The van der Waals surface area contributed by atoms with Crippen molar-refractivity contribution in [3.8, 4) is 0 Å². The molecule has 2 aromatic carbocycles. The Morgan fingerprint density at radius 2 is 0.951 bits per heavy atom. The van der Waals surface area contributed by atoms with Crippen LogP contribution in [0.2, 0.25) is 0 Å². The van der Waals surface area contributed by atoms with Gasteiger partial charge < -0.3 is 9.47 Å². The smallest absolute Gasteiger partial charge is 0.338 e. The van der Waals surface area contributed by atoms with Gasteiger partial charge in [-0.05, 0) is 48.5 Å². The maximum absolute atomic E-state index is 12.6. The molecule has 0 radical (unpaired) electrons. The Bertz CT molecular complexity index is 1330. The standard InChI is InChI=1S/C27H34Cl2N2O8S2/c1-5-30(6-2)40(34,35)21-13-9-19(10-14-21)25(32)38-17-23-24(27(23,28)29)18-39-26(33)20-11-15-22(16-12-20)41(36,37)31(7-3)8-4/h9-16,23-24H,5-8,17-18H2,1-4H3/t23-,24+. The molecular weight excluding hydrogens is 615 g/mol. The third kappa shape index (κ3) is 7.23. The fourth-order valence-corrected chi connectivity index (χ4v) is 8.01. The molecule has 1 fully saturated rings. The lowest BCUT2D eigenvalue weighted by molar-refractivity contribution is 0.0419. The summed E-state index contributed by atoms with van der Waals surface area (Å²) in [6.07, 6.45) is 0. The predicted octanol–water partition coefficient (Wildman–Crippen LogP) is 4.18. The van der Waals surface area contributed by atoms with Crippen molar-refractivity contribution in [2.45, 2.75) is 41.8 Å². The van der Waals surface area contributed by atoms with E-state index in [4.69, 9.17) is 32.7 Å². The molecule has 0 saturated heterocycles. The SMILES string of the molecule is CCN(CC)S(=O)(=O)c1ccc(C(=O)OC[C@@H]2[C@H](COC(=O)c3ccc(S(=O)(=O)N(CC)CC)cc3)C2(Cl)Cl)cc1. The molecule has 0 unspecified atom stereocenters. The van der Waals surface area contributed by atoms with Crippen LogP contribution in [-0.4, -0.2) is 81.1 Å². The number of esters is 2. The van der Waals surface area contributed by atoms with E-state index >= 15 is 0 Å². The quantitative estimate of drug-likeness (QED) is 0.220. The van der Waals surface area contributed by atoms with Gasteiger partial charge in [-0.1, -0.05) is 27.7 Å². The van der Waals surface area contributed by atoms with Crippen molar-refractivity contribution < 1.29 is 35.9 Å². The van der Waals surface area contributed by atoms with Crippen LogP contribution >= 0.6 is 23.2 Å². The molecule has 0 heterocycles. The highest BCUT2D eigenvalue weighted by Crippen LogP contribution is 2.59. The summed E-state index contributed by atoms with van der Waals surface area (Å²) in [7, 11) is -7.31. The Morgan fingerprint density at radius 1 is 0.659 bits per heavy atom. The van der Waals surface area contributed by atoms with Gasteiger partial charge in [-0.15, -0.1) is 23.2 Å². The molecule has 1 saturated carbocycles. The van der Waals surface area contributed by atoms with Crippen molar-refractivity contribution in [1.29, 1.82) is 0 Å². The molecule has 0 amide bonds. The maximum Gasteiger partial charge on any atom is 0.338 e. The number of hydrogen-bond donors (Lipinski definition) is 0. The van der Waals surface area contributed by atoms with Crippen molar-refractivity contribution in [2.24, 2.45) is 11.8 Å². The van der Waals surface area contributed by atoms with Crippen molar-refractivity contribution in [3.63, 3.8) is 0 Å². The number of halogens is 2. The summed E-state index contributed by atoms with van der Waals surface area (Å²) in [6, 6.07) is 10.9. The summed E-state index contributed by atoms with van der Waals surface area (Å²) in [6.45, 7) is 8.01. The average Bonchev–Trinajstić information content (AvgIpc) is 3.49. The van der Waals surface area contributed by atoms with Gasteiger partial charge >= 0.3 is 11.9 Å². The van der Waals surface area contributed by atoms with Gasteiger partial charge in [0, 0.05) is 38.0 Å². The predicted molar refractivity (Wildman–Crippen MR) is 155 cm³/mol. The van der Waals surface area contributed by atoms with Gasteiger partial charge in [0.1, 0.15) is 4.33 Å². The second-order valence-electron chi connectivity index (χ2n) is 9.31. The highest BCUT2D eigenvalue weighted by molar-refractivity contribution is 7.89. The Morgan fingerprint density at radius 3 is 1.22 bits per heavy atom. The molecule has 2 aromatic rings. The molecule has 2 atom stereocenters. The van der Waals surface area contributed by atoms with E-state index in [9.17, 15) is 26.4 Å². The first kappa shape index (κ1) is 33.3. The Balaban J connectivity index is 1.54. The van der Waals surface area contributed by atoms with Gasteiger partial charge in [-0.3, -0.25) is 0 Å². The number of hydrogen-bond acceptors (Lipinski definition) is 8. The van der Waals surface area contributed by atoms with Crippen molar-refractivity contribution in [1.82, 2.24) is 8.61 Å². The minimum absolute atomic E-state index is 0.0718. The van der Waals surface area contributed by atoms with Crippen molar-refractivity contribution in [2.75, 3.05) is 39.4 Å². The number of rotatable bonds is 14. The zero-order valence-electron chi connectivity index (χ0n) is 23.2. The van der Waals surface area contributed by atoms with Crippen LogP contribution in [-0.2, 0) is 29.5 Å². The van der Waals surface area contributed by atoms with E-state index in [1.165, 1.54) is 57.1 Å². The van der Waals surface area contributed by atoms with Crippen LogP contribution in [0.15, 0.2) is 58.3 Å². The molecule has 41 heavy (non-hydrogen) atoms. The van der Waals surface area contributed by atoms with E-state index in [1.807, 2.05) is 0 Å². The summed E-state index contributed by atoms with van der Waals surface area (Å²) in [5.41, 5.74) is 0.321. The molecule has 0 aliphatic heterocycles. The largest absolute Gasteiger partial charge is 0.462 e. The minimum Gasteiger partial charge on any atom is -0.462 e. The lowest BCUT2D eigenvalue weighted by atomic mass is 10.2. The second-order valence-corrected chi connectivity index (χ2v) is 14.6. The minimum atomic E-state index is -3.65. The van der Waals surface area contributed by atoms with Gasteiger partial charge in [-0.2, -0.15) is 8.61 Å². The van der Waals surface area contributed by atoms with Gasteiger partial charge in [0.15, 0.2) is 0 Å². The lowest BCUT2D eigenvalue weighted by Crippen LogP contribution is -2.30. The van der Waals surface area contributed by atoms with Gasteiger partial charge in [0.25, 0.3) is 0 Å². The summed E-state index contributed by atoms with van der Waals surface area (Å²) >= 11 is 12.7. The second kappa shape index (κ2) is 13.4. The fraction of sp³-hybridized carbons (Fsp3) is 0.481. The summed E-state index contributed by atoms with van der Waals surface area (Å²) in [5, 5.41) is 0. The molecule has 0 bridgehead atoms. The normalized spacial score (nSPS) is 18.3. The first-order valence-electron chi connectivity index (χ1n) is 13.2. The molecule has 14 heteroatoms. The molecule has 1 aliphatic carbocycles. The number of carbonyl (C=O) groups excluding carboxylic acids is 2. The number of alkyl halides is 2. The monoisotopic (exact) mass is 648 g/mol. The highest BCUT2D eigenvalue weighted by atomic mass is 35.5. The van der Waals surface area contributed by atoms with Gasteiger partial charge in [0.2, 0.25) is 20.0 Å². The Kier molecular flexibility index (Phi) is 10.9. The third-order valence-electron chi connectivity index (χ3n) is 7.02. The zero-order chi connectivity index (χ0) is 30.6. The van der Waals surface area contributed by atoms with Gasteiger partial charge in [0.05, 0.1) is 34.1 Å². The molecule has 0 aromatic heterocycles. The van der Waals surface area contributed by atoms with Crippen LogP contribution in [0.3, 0.4) is 0 Å². The van der Waals surface area contributed by atoms with Crippen molar-refractivity contribution >= 4 is 55.2 Å². The summed E-state index contributed by atoms with van der Waals surface area (Å²) < 4.78 is 62.5. The van der Waals surface area contributed by atoms with Crippen LogP contribution in [0, 0.1) is 11.8 Å². The van der Waals surface area contributed by atoms with Gasteiger partial charge in [-0.25, -0.2) is 26.4 Å². The summed E-state index contributed by atoms with van der Waals surface area (Å²) in [4.78, 5) is 25.2. The van der Waals surface area contributed by atoms with E-state index < -0.39 is 48.2 Å². The maximum atomic E-state index is 12.6. The number of sulfonamides is 2. The average molecular weight is 650 g/mol.